The smallest absolute Gasteiger partial charge is 0.159 e. The Morgan fingerprint density at radius 1 is 1.12 bits per heavy atom. The summed E-state index contributed by atoms with van der Waals surface area (Å²) in [5.41, 5.74) is 1.76. The molecular weight excluding hydrogens is 222 g/mol. The molecule has 0 unspecified atom stereocenters. The number of pyridine rings is 1. The molecule has 2 rings (SSSR count). The number of nitrogens with one attached hydrogen (secondary N) is 1. The second-order valence-corrected chi connectivity index (χ2v) is 3.82. The zero-order valence-electron chi connectivity index (χ0n) is 9.37. The van der Waals surface area contributed by atoms with E-state index in [0.717, 1.165) is 17.4 Å². The molecule has 1 N–H and O–H groups in total. The zero-order valence-corrected chi connectivity index (χ0v) is 9.37. The molecule has 0 bridgehead atoms. The Labute approximate surface area is 98.3 Å². The minimum absolute atomic E-state index is 0.410. The van der Waals surface area contributed by atoms with Gasteiger partial charge in [0, 0.05) is 12.7 Å². The topological polar surface area (TPSA) is 24.9 Å². The van der Waals surface area contributed by atoms with E-state index in [-0.39, 0.29) is 0 Å². The maximum absolute atomic E-state index is 13.0. The second kappa shape index (κ2) is 4.91. The van der Waals surface area contributed by atoms with Crippen molar-refractivity contribution in [2.75, 3.05) is 5.32 Å². The number of halogens is 2. The molecule has 88 valence electrons. The van der Waals surface area contributed by atoms with E-state index in [1.165, 1.54) is 6.07 Å². The molecule has 2 nitrogen and oxygen atoms in total. The van der Waals surface area contributed by atoms with Gasteiger partial charge in [0.25, 0.3) is 0 Å². The Morgan fingerprint density at radius 3 is 2.65 bits per heavy atom. The highest BCUT2D eigenvalue weighted by Crippen LogP contribution is 2.11. The molecule has 0 amide bonds. The number of aromatic nitrogens is 1. The van der Waals surface area contributed by atoms with Crippen molar-refractivity contribution in [3.8, 4) is 0 Å². The van der Waals surface area contributed by atoms with Crippen molar-refractivity contribution in [3.63, 3.8) is 0 Å². The maximum atomic E-state index is 13.0. The quantitative estimate of drug-likeness (QED) is 0.881. The highest BCUT2D eigenvalue weighted by atomic mass is 19.2. The highest BCUT2D eigenvalue weighted by Gasteiger charge is 2.02. The van der Waals surface area contributed by atoms with E-state index in [1.807, 2.05) is 19.1 Å². The predicted molar refractivity (Wildman–Crippen MR) is 62.7 cm³/mol. The van der Waals surface area contributed by atoms with Crippen molar-refractivity contribution in [1.82, 2.24) is 4.98 Å². The van der Waals surface area contributed by atoms with Crippen molar-refractivity contribution >= 4 is 5.82 Å². The van der Waals surface area contributed by atoms with E-state index in [4.69, 9.17) is 0 Å². The highest BCUT2D eigenvalue weighted by molar-refractivity contribution is 5.38. The van der Waals surface area contributed by atoms with E-state index in [1.54, 1.807) is 12.3 Å². The van der Waals surface area contributed by atoms with Gasteiger partial charge in [-0.3, -0.25) is 0 Å². The average molecular weight is 234 g/mol. The number of rotatable bonds is 3. The van der Waals surface area contributed by atoms with Crippen LogP contribution < -0.4 is 5.32 Å². The lowest BCUT2D eigenvalue weighted by molar-refractivity contribution is 0.507. The summed E-state index contributed by atoms with van der Waals surface area (Å²) in [6.07, 6.45) is 1.70. The van der Waals surface area contributed by atoms with Crippen LogP contribution in [0, 0.1) is 18.6 Å². The SMILES string of the molecule is Cc1ccnc(NCc2ccc(F)c(F)c2)c1. The Kier molecular flexibility index (Phi) is 3.32. The Bertz CT molecular complexity index is 527. The first-order valence-electron chi connectivity index (χ1n) is 5.25. The fourth-order valence-electron chi connectivity index (χ4n) is 1.48. The molecule has 0 aliphatic rings. The fraction of sp³-hybridized carbons (Fsp3) is 0.154. The van der Waals surface area contributed by atoms with Crippen LogP contribution >= 0.6 is 0 Å². The monoisotopic (exact) mass is 234 g/mol. The summed E-state index contributed by atoms with van der Waals surface area (Å²) in [5.74, 6) is -0.946. The molecular formula is C13H12F2N2. The summed E-state index contributed by atoms with van der Waals surface area (Å²) in [7, 11) is 0. The first-order chi connectivity index (χ1) is 8.15. The van der Waals surface area contributed by atoms with Crippen LogP contribution in [-0.2, 0) is 6.54 Å². The number of anilines is 1. The molecule has 0 saturated heterocycles. The molecule has 2 aromatic rings. The molecule has 1 aromatic carbocycles. The lowest BCUT2D eigenvalue weighted by Gasteiger charge is -2.06. The molecule has 0 radical (unpaired) electrons. The molecule has 0 atom stereocenters. The maximum Gasteiger partial charge on any atom is 0.159 e. The zero-order chi connectivity index (χ0) is 12.3. The van der Waals surface area contributed by atoms with Gasteiger partial charge in [-0.2, -0.15) is 0 Å². The van der Waals surface area contributed by atoms with Gasteiger partial charge in [0.2, 0.25) is 0 Å². The van der Waals surface area contributed by atoms with Crippen molar-refractivity contribution in [2.24, 2.45) is 0 Å². The van der Waals surface area contributed by atoms with Crippen molar-refractivity contribution in [1.29, 1.82) is 0 Å². The molecule has 1 heterocycles. The minimum atomic E-state index is -0.832. The molecule has 0 spiro atoms. The second-order valence-electron chi connectivity index (χ2n) is 3.82. The summed E-state index contributed by atoms with van der Waals surface area (Å²) in [6.45, 7) is 2.37. The van der Waals surface area contributed by atoms with Crippen LogP contribution in [-0.4, -0.2) is 4.98 Å². The van der Waals surface area contributed by atoms with Crippen molar-refractivity contribution in [2.45, 2.75) is 13.5 Å². The van der Waals surface area contributed by atoms with Gasteiger partial charge in [-0.25, -0.2) is 13.8 Å². The molecule has 0 aliphatic carbocycles. The average Bonchev–Trinajstić information content (AvgIpc) is 2.31. The van der Waals surface area contributed by atoms with Gasteiger partial charge in [0.15, 0.2) is 11.6 Å². The third-order valence-corrected chi connectivity index (χ3v) is 2.37. The molecule has 17 heavy (non-hydrogen) atoms. The first kappa shape index (κ1) is 11.5. The summed E-state index contributed by atoms with van der Waals surface area (Å²) < 4.78 is 25.7. The summed E-state index contributed by atoms with van der Waals surface area (Å²) in [5, 5.41) is 3.05. The van der Waals surface area contributed by atoms with Gasteiger partial charge in [-0.1, -0.05) is 6.07 Å². The van der Waals surface area contributed by atoms with E-state index >= 15 is 0 Å². The fourth-order valence-corrected chi connectivity index (χ4v) is 1.48. The number of aryl methyl sites for hydroxylation is 1. The Morgan fingerprint density at radius 2 is 1.94 bits per heavy atom. The van der Waals surface area contributed by atoms with Crippen LogP contribution in [0.5, 0.6) is 0 Å². The number of hydrogen-bond donors (Lipinski definition) is 1. The van der Waals surface area contributed by atoms with E-state index in [0.29, 0.717) is 12.1 Å². The van der Waals surface area contributed by atoms with Gasteiger partial charge in [0.05, 0.1) is 0 Å². The first-order valence-corrected chi connectivity index (χ1v) is 5.25. The summed E-state index contributed by atoms with van der Waals surface area (Å²) in [4.78, 5) is 4.12. The van der Waals surface area contributed by atoms with Crippen LogP contribution in [0.4, 0.5) is 14.6 Å². The van der Waals surface area contributed by atoms with Gasteiger partial charge in [0.1, 0.15) is 5.82 Å². The Hall–Kier alpha value is -1.97. The molecule has 4 heteroatoms. The normalized spacial score (nSPS) is 10.3. The van der Waals surface area contributed by atoms with E-state index in [9.17, 15) is 8.78 Å². The van der Waals surface area contributed by atoms with Crippen molar-refractivity contribution in [3.05, 3.63) is 59.3 Å². The lowest BCUT2D eigenvalue weighted by atomic mass is 10.2. The molecule has 0 aliphatic heterocycles. The van der Waals surface area contributed by atoms with Crippen LogP contribution in [0.3, 0.4) is 0 Å². The summed E-state index contributed by atoms with van der Waals surface area (Å²) >= 11 is 0. The number of benzene rings is 1. The molecule has 1 aromatic heterocycles. The standard InChI is InChI=1S/C13H12F2N2/c1-9-4-5-16-13(6-9)17-8-10-2-3-11(14)12(15)7-10/h2-7H,8H2,1H3,(H,16,17). The van der Waals surface area contributed by atoms with Crippen LogP contribution in [0.15, 0.2) is 36.5 Å². The van der Waals surface area contributed by atoms with Gasteiger partial charge in [-0.05, 0) is 42.3 Å². The Balaban J connectivity index is 2.05. The van der Waals surface area contributed by atoms with Gasteiger partial charge >= 0.3 is 0 Å². The number of nitrogens with zero attached hydrogens (tertiary/aromatic N) is 1. The van der Waals surface area contributed by atoms with Crippen LogP contribution in [0.2, 0.25) is 0 Å². The minimum Gasteiger partial charge on any atom is -0.366 e. The van der Waals surface area contributed by atoms with E-state index < -0.39 is 11.6 Å². The predicted octanol–water partition coefficient (Wildman–Crippen LogP) is 3.28. The molecule has 0 fully saturated rings. The van der Waals surface area contributed by atoms with Crippen LogP contribution in [0.1, 0.15) is 11.1 Å². The van der Waals surface area contributed by atoms with Crippen molar-refractivity contribution < 1.29 is 8.78 Å². The largest absolute Gasteiger partial charge is 0.366 e. The summed E-state index contributed by atoms with van der Waals surface area (Å²) in [6, 6.07) is 7.62. The molecule has 0 saturated carbocycles. The van der Waals surface area contributed by atoms with E-state index in [2.05, 4.69) is 10.3 Å². The lowest BCUT2D eigenvalue weighted by Crippen LogP contribution is -2.02. The van der Waals surface area contributed by atoms with Crippen LogP contribution in [0.25, 0.3) is 0 Å². The van der Waals surface area contributed by atoms with Gasteiger partial charge in [-0.15, -0.1) is 0 Å². The number of hydrogen-bond acceptors (Lipinski definition) is 2. The third kappa shape index (κ3) is 3.00. The third-order valence-electron chi connectivity index (χ3n) is 2.37. The van der Waals surface area contributed by atoms with Gasteiger partial charge < -0.3 is 5.32 Å².